The van der Waals surface area contributed by atoms with Gasteiger partial charge in [-0.15, -0.1) is 0 Å². The van der Waals surface area contributed by atoms with Gasteiger partial charge in [-0.25, -0.2) is 0 Å². The Morgan fingerprint density at radius 1 is 1.07 bits per heavy atom. The van der Waals surface area contributed by atoms with Crippen molar-refractivity contribution in [2.24, 2.45) is 0 Å². The summed E-state index contributed by atoms with van der Waals surface area (Å²) in [6, 6.07) is 13.1. The zero-order chi connectivity index (χ0) is 20.9. The summed E-state index contributed by atoms with van der Waals surface area (Å²) in [5, 5.41) is 17.7. The molecule has 0 aromatic heterocycles. The second kappa shape index (κ2) is 9.26. The maximum Gasteiger partial charge on any atom is 0.293 e. The number of nitrogens with one attached hydrogen (secondary N) is 2. The van der Waals surface area contributed by atoms with Crippen molar-refractivity contribution in [2.45, 2.75) is 51.2 Å². The van der Waals surface area contributed by atoms with Crippen molar-refractivity contribution in [2.75, 3.05) is 18.4 Å². The van der Waals surface area contributed by atoms with Crippen molar-refractivity contribution in [3.05, 3.63) is 69.3 Å². The smallest absolute Gasteiger partial charge is 0.293 e. The summed E-state index contributed by atoms with van der Waals surface area (Å²) in [5.41, 5.74) is 3.05. The molecule has 2 fully saturated rings. The van der Waals surface area contributed by atoms with Crippen LogP contribution in [0.15, 0.2) is 42.5 Å². The molecular weight excluding hydrogens is 380 g/mol. The predicted octanol–water partition coefficient (Wildman–Crippen LogP) is 4.09. The van der Waals surface area contributed by atoms with E-state index in [0.29, 0.717) is 17.8 Å². The van der Waals surface area contributed by atoms with Gasteiger partial charge in [-0.05, 0) is 62.0 Å². The fraction of sp³-hybridized carbons (Fsp3) is 0.435. The number of piperidine rings is 1. The Hall–Kier alpha value is -2.93. The zero-order valence-electron chi connectivity index (χ0n) is 17.1. The number of amides is 1. The van der Waals surface area contributed by atoms with E-state index in [0.717, 1.165) is 38.0 Å². The van der Waals surface area contributed by atoms with Crippen LogP contribution in [0.5, 0.6) is 0 Å². The number of hydrogen-bond acceptors (Lipinski definition) is 5. The van der Waals surface area contributed by atoms with E-state index >= 15 is 0 Å². The zero-order valence-corrected chi connectivity index (χ0v) is 17.1. The molecule has 1 saturated carbocycles. The van der Waals surface area contributed by atoms with E-state index < -0.39 is 4.92 Å². The summed E-state index contributed by atoms with van der Waals surface area (Å²) in [7, 11) is 0. The highest BCUT2D eigenvalue weighted by Gasteiger charge is 2.25. The molecule has 1 aliphatic carbocycles. The number of nitro benzene ring substituents is 1. The lowest BCUT2D eigenvalue weighted by Crippen LogP contribution is -2.29. The van der Waals surface area contributed by atoms with E-state index in [4.69, 9.17) is 0 Å². The molecule has 30 heavy (non-hydrogen) atoms. The van der Waals surface area contributed by atoms with Crippen LogP contribution in [0.2, 0.25) is 0 Å². The maximum atomic E-state index is 12.2. The molecule has 2 aromatic carbocycles. The SMILES string of the molecule is O=C(NC1CC1)c1ccc(NCc2ccccc2CN2CCCCC2)c([N+](=O)[O-])c1. The van der Waals surface area contributed by atoms with E-state index in [1.165, 1.54) is 30.9 Å². The molecule has 1 amide bonds. The maximum absolute atomic E-state index is 12.2. The lowest BCUT2D eigenvalue weighted by atomic mass is 10.0. The van der Waals surface area contributed by atoms with Crippen molar-refractivity contribution in [3.8, 4) is 0 Å². The first kappa shape index (κ1) is 20.3. The Balaban J connectivity index is 1.46. The van der Waals surface area contributed by atoms with Crippen molar-refractivity contribution >= 4 is 17.3 Å². The van der Waals surface area contributed by atoms with Crippen LogP contribution < -0.4 is 10.6 Å². The first-order chi connectivity index (χ1) is 14.6. The third-order valence-corrected chi connectivity index (χ3v) is 5.80. The summed E-state index contributed by atoms with van der Waals surface area (Å²) in [6.45, 7) is 3.65. The van der Waals surface area contributed by atoms with Gasteiger partial charge in [0.2, 0.25) is 0 Å². The number of anilines is 1. The molecule has 0 unspecified atom stereocenters. The molecule has 2 aromatic rings. The van der Waals surface area contributed by atoms with Gasteiger partial charge in [0.1, 0.15) is 5.69 Å². The number of likely N-dealkylation sites (tertiary alicyclic amines) is 1. The second-order valence-electron chi connectivity index (χ2n) is 8.20. The number of rotatable bonds is 8. The van der Waals surface area contributed by atoms with Crippen LogP contribution in [0.4, 0.5) is 11.4 Å². The molecule has 0 atom stereocenters. The highest BCUT2D eigenvalue weighted by Crippen LogP contribution is 2.28. The number of hydrogen-bond donors (Lipinski definition) is 2. The van der Waals surface area contributed by atoms with Gasteiger partial charge in [0.15, 0.2) is 0 Å². The third-order valence-electron chi connectivity index (χ3n) is 5.80. The number of benzene rings is 2. The van der Waals surface area contributed by atoms with Crippen molar-refractivity contribution < 1.29 is 9.72 Å². The second-order valence-corrected chi connectivity index (χ2v) is 8.20. The quantitative estimate of drug-likeness (QED) is 0.507. The lowest BCUT2D eigenvalue weighted by molar-refractivity contribution is -0.384. The molecule has 7 heteroatoms. The standard InChI is InChI=1S/C23H28N4O3/c28-23(25-20-9-10-20)17-8-11-21(22(14-17)27(29)30)24-15-18-6-2-3-7-19(18)16-26-12-4-1-5-13-26/h2-3,6-8,11,14,20,24H,1,4-5,9-10,12-13,15-16H2,(H,25,28). The van der Waals surface area contributed by atoms with Crippen LogP contribution in [0.25, 0.3) is 0 Å². The third kappa shape index (κ3) is 5.16. The molecule has 1 heterocycles. The minimum absolute atomic E-state index is 0.0769. The summed E-state index contributed by atoms with van der Waals surface area (Å²) < 4.78 is 0. The van der Waals surface area contributed by atoms with Crippen molar-refractivity contribution in [1.29, 1.82) is 0 Å². The van der Waals surface area contributed by atoms with Crippen LogP contribution in [0.3, 0.4) is 0 Å². The summed E-state index contributed by atoms with van der Waals surface area (Å²) in [4.78, 5) is 25.9. The summed E-state index contributed by atoms with van der Waals surface area (Å²) >= 11 is 0. The number of carbonyl (C=O) groups is 1. The minimum Gasteiger partial charge on any atom is -0.375 e. The van der Waals surface area contributed by atoms with Gasteiger partial charge in [0.05, 0.1) is 4.92 Å². The molecule has 158 valence electrons. The van der Waals surface area contributed by atoms with Gasteiger partial charge < -0.3 is 10.6 Å². The average Bonchev–Trinajstić information content (AvgIpc) is 3.57. The highest BCUT2D eigenvalue weighted by molar-refractivity contribution is 5.96. The monoisotopic (exact) mass is 408 g/mol. The molecule has 1 aliphatic heterocycles. The summed E-state index contributed by atoms with van der Waals surface area (Å²) in [6.07, 6.45) is 5.74. The Labute approximate surface area is 176 Å². The number of carbonyl (C=O) groups excluding carboxylic acids is 1. The molecule has 1 saturated heterocycles. The van der Waals surface area contributed by atoms with Gasteiger partial charge in [0.25, 0.3) is 11.6 Å². The van der Waals surface area contributed by atoms with Gasteiger partial charge in [-0.3, -0.25) is 19.8 Å². The molecule has 0 radical (unpaired) electrons. The normalized spacial score (nSPS) is 16.8. The van der Waals surface area contributed by atoms with E-state index in [-0.39, 0.29) is 17.6 Å². The van der Waals surface area contributed by atoms with E-state index in [2.05, 4.69) is 27.7 Å². The van der Waals surface area contributed by atoms with E-state index in [9.17, 15) is 14.9 Å². The van der Waals surface area contributed by atoms with Crippen LogP contribution >= 0.6 is 0 Å². The Kier molecular flexibility index (Phi) is 6.28. The van der Waals surface area contributed by atoms with E-state index in [1.807, 2.05) is 12.1 Å². The fourth-order valence-corrected chi connectivity index (χ4v) is 3.90. The van der Waals surface area contributed by atoms with Crippen molar-refractivity contribution in [1.82, 2.24) is 10.2 Å². The van der Waals surface area contributed by atoms with Gasteiger partial charge in [-0.1, -0.05) is 30.7 Å². The molecule has 2 N–H and O–H groups in total. The number of nitro groups is 1. The van der Waals surface area contributed by atoms with E-state index in [1.54, 1.807) is 12.1 Å². The molecule has 7 nitrogen and oxygen atoms in total. The van der Waals surface area contributed by atoms with Gasteiger partial charge in [0, 0.05) is 30.8 Å². The fourth-order valence-electron chi connectivity index (χ4n) is 3.90. The largest absolute Gasteiger partial charge is 0.375 e. The van der Waals surface area contributed by atoms with Gasteiger partial charge in [-0.2, -0.15) is 0 Å². The molecular formula is C23H28N4O3. The first-order valence-corrected chi connectivity index (χ1v) is 10.7. The van der Waals surface area contributed by atoms with Crippen LogP contribution in [-0.4, -0.2) is 34.9 Å². The Morgan fingerprint density at radius 3 is 2.50 bits per heavy atom. The molecule has 2 aliphatic rings. The molecule has 4 rings (SSSR count). The summed E-state index contributed by atoms with van der Waals surface area (Å²) in [5.74, 6) is -0.251. The number of nitrogens with zero attached hydrogens (tertiary/aromatic N) is 2. The Morgan fingerprint density at radius 2 is 1.80 bits per heavy atom. The highest BCUT2D eigenvalue weighted by atomic mass is 16.6. The topological polar surface area (TPSA) is 87.5 Å². The Bertz CT molecular complexity index is 920. The first-order valence-electron chi connectivity index (χ1n) is 10.7. The van der Waals surface area contributed by atoms with Crippen molar-refractivity contribution in [3.63, 3.8) is 0 Å². The lowest BCUT2D eigenvalue weighted by Gasteiger charge is -2.27. The molecule has 0 spiro atoms. The van der Waals surface area contributed by atoms with Crippen LogP contribution in [0, 0.1) is 10.1 Å². The molecule has 0 bridgehead atoms. The average molecular weight is 409 g/mol. The predicted molar refractivity (Wildman–Crippen MR) is 116 cm³/mol. The van der Waals surface area contributed by atoms with Crippen LogP contribution in [0.1, 0.15) is 53.6 Å². The van der Waals surface area contributed by atoms with Gasteiger partial charge >= 0.3 is 0 Å². The minimum atomic E-state index is -0.435. The van der Waals surface area contributed by atoms with Crippen LogP contribution in [-0.2, 0) is 13.1 Å².